The average molecular weight is 390 g/mol. The standard InChI is InChI=1S/C22H18N2O5/c1-22(2,21(27)28)17-14-4-3-11-23-18(14)29-19-15(17)9-10-16(24-19)12-5-7-13(8-6-12)20(25)26/h3-11,17H,1-2H3,(H,25,26)(H,27,28). The van der Waals surface area contributed by atoms with Crippen LogP contribution >= 0.6 is 0 Å². The number of benzene rings is 1. The Kier molecular flexibility index (Phi) is 4.30. The first-order chi connectivity index (χ1) is 13.8. The predicted molar refractivity (Wildman–Crippen MR) is 104 cm³/mol. The van der Waals surface area contributed by atoms with Gasteiger partial charge in [-0.2, -0.15) is 0 Å². The molecule has 7 heteroatoms. The van der Waals surface area contributed by atoms with Gasteiger partial charge < -0.3 is 14.9 Å². The monoisotopic (exact) mass is 390 g/mol. The van der Waals surface area contributed by atoms with Gasteiger partial charge in [0.15, 0.2) is 0 Å². The molecule has 3 aromatic rings. The van der Waals surface area contributed by atoms with E-state index in [0.717, 1.165) is 5.56 Å². The summed E-state index contributed by atoms with van der Waals surface area (Å²) in [6.07, 6.45) is 1.59. The van der Waals surface area contributed by atoms with Crippen LogP contribution in [0.1, 0.15) is 41.3 Å². The maximum atomic E-state index is 12.0. The SMILES string of the molecule is CC(C)(C(=O)O)C1c2cccnc2Oc2nc(-c3ccc(C(=O)O)cc3)ccc21. The van der Waals surface area contributed by atoms with E-state index in [1.54, 1.807) is 44.3 Å². The highest BCUT2D eigenvalue weighted by Crippen LogP contribution is 2.50. The molecule has 0 radical (unpaired) electrons. The van der Waals surface area contributed by atoms with Crippen LogP contribution in [0.2, 0.25) is 0 Å². The zero-order valence-electron chi connectivity index (χ0n) is 15.8. The van der Waals surface area contributed by atoms with Gasteiger partial charge in [0.1, 0.15) is 0 Å². The number of hydrogen-bond donors (Lipinski definition) is 2. The van der Waals surface area contributed by atoms with E-state index in [-0.39, 0.29) is 5.56 Å². The molecule has 4 rings (SSSR count). The van der Waals surface area contributed by atoms with Crippen molar-refractivity contribution in [3.63, 3.8) is 0 Å². The van der Waals surface area contributed by atoms with E-state index in [1.807, 2.05) is 12.1 Å². The van der Waals surface area contributed by atoms with Crippen molar-refractivity contribution in [1.82, 2.24) is 9.97 Å². The number of hydrogen-bond acceptors (Lipinski definition) is 5. The van der Waals surface area contributed by atoms with Crippen molar-refractivity contribution >= 4 is 11.9 Å². The van der Waals surface area contributed by atoms with E-state index in [0.29, 0.717) is 28.6 Å². The summed E-state index contributed by atoms with van der Waals surface area (Å²) in [5.74, 6) is -1.78. The lowest BCUT2D eigenvalue weighted by Gasteiger charge is -2.35. The first-order valence-corrected chi connectivity index (χ1v) is 9.00. The van der Waals surface area contributed by atoms with Gasteiger partial charge in [-0.25, -0.2) is 14.8 Å². The van der Waals surface area contributed by atoms with Crippen LogP contribution in [0, 0.1) is 5.41 Å². The number of carbonyl (C=O) groups is 2. The quantitative estimate of drug-likeness (QED) is 0.687. The molecule has 29 heavy (non-hydrogen) atoms. The molecule has 0 bridgehead atoms. The molecule has 1 aliphatic heterocycles. The second-order valence-electron chi connectivity index (χ2n) is 7.43. The minimum Gasteiger partial charge on any atom is -0.481 e. The van der Waals surface area contributed by atoms with Gasteiger partial charge in [0, 0.05) is 28.8 Å². The molecule has 3 heterocycles. The van der Waals surface area contributed by atoms with Crippen LogP contribution in [0.3, 0.4) is 0 Å². The number of rotatable bonds is 4. The molecule has 2 aromatic heterocycles. The normalized spacial score (nSPS) is 15.0. The molecule has 1 atom stereocenters. The third-order valence-electron chi connectivity index (χ3n) is 5.21. The molecule has 0 fully saturated rings. The van der Waals surface area contributed by atoms with Crippen LogP contribution in [0.5, 0.6) is 11.8 Å². The fraction of sp³-hybridized carbons (Fsp3) is 0.182. The number of pyridine rings is 2. The van der Waals surface area contributed by atoms with E-state index in [2.05, 4.69) is 9.97 Å². The van der Waals surface area contributed by atoms with Crippen LogP contribution in [0.25, 0.3) is 11.3 Å². The van der Waals surface area contributed by atoms with Gasteiger partial charge >= 0.3 is 11.9 Å². The summed E-state index contributed by atoms with van der Waals surface area (Å²) < 4.78 is 5.90. The number of carboxylic acids is 2. The number of ether oxygens (including phenoxy) is 1. The van der Waals surface area contributed by atoms with Crippen LogP contribution in [-0.2, 0) is 4.79 Å². The van der Waals surface area contributed by atoms with Crippen LogP contribution in [0.15, 0.2) is 54.7 Å². The molecule has 0 saturated heterocycles. The fourth-order valence-corrected chi connectivity index (χ4v) is 3.57. The zero-order chi connectivity index (χ0) is 20.8. The molecule has 0 spiro atoms. The minimum atomic E-state index is -1.11. The number of fused-ring (bicyclic) bond motifs is 2. The summed E-state index contributed by atoms with van der Waals surface area (Å²) in [6, 6.07) is 13.5. The van der Waals surface area contributed by atoms with Gasteiger partial charge in [-0.15, -0.1) is 0 Å². The summed E-state index contributed by atoms with van der Waals surface area (Å²) in [7, 11) is 0. The Morgan fingerprint density at radius 2 is 1.66 bits per heavy atom. The first kappa shape index (κ1) is 18.6. The smallest absolute Gasteiger partial charge is 0.335 e. The molecule has 1 unspecified atom stereocenters. The van der Waals surface area contributed by atoms with Crippen molar-refractivity contribution in [1.29, 1.82) is 0 Å². The first-order valence-electron chi connectivity index (χ1n) is 9.00. The Hall–Kier alpha value is -3.74. The van der Waals surface area contributed by atoms with Crippen LogP contribution in [-0.4, -0.2) is 32.1 Å². The maximum absolute atomic E-state index is 12.0. The average Bonchev–Trinajstić information content (AvgIpc) is 2.71. The maximum Gasteiger partial charge on any atom is 0.335 e. The molecule has 7 nitrogen and oxygen atoms in total. The van der Waals surface area contributed by atoms with Crippen molar-refractivity contribution in [2.24, 2.45) is 5.41 Å². The van der Waals surface area contributed by atoms with E-state index < -0.39 is 23.3 Å². The van der Waals surface area contributed by atoms with E-state index in [9.17, 15) is 14.7 Å². The Balaban J connectivity index is 1.82. The molecule has 146 valence electrons. The van der Waals surface area contributed by atoms with Crippen molar-refractivity contribution in [2.45, 2.75) is 19.8 Å². The lowest BCUT2D eigenvalue weighted by atomic mass is 9.71. The fourth-order valence-electron chi connectivity index (χ4n) is 3.57. The molecule has 2 N–H and O–H groups in total. The number of aliphatic carboxylic acids is 1. The van der Waals surface area contributed by atoms with E-state index in [4.69, 9.17) is 9.84 Å². The van der Waals surface area contributed by atoms with Gasteiger partial charge in [0.25, 0.3) is 0 Å². The molecule has 0 saturated carbocycles. The van der Waals surface area contributed by atoms with Gasteiger partial charge in [-0.1, -0.05) is 24.3 Å². The zero-order valence-corrected chi connectivity index (χ0v) is 15.8. The molecular formula is C22H18N2O5. The van der Waals surface area contributed by atoms with Gasteiger partial charge in [0.2, 0.25) is 11.8 Å². The van der Waals surface area contributed by atoms with Crippen molar-refractivity contribution in [3.05, 3.63) is 71.4 Å². The topological polar surface area (TPSA) is 110 Å². The predicted octanol–water partition coefficient (Wildman–Crippen LogP) is 4.19. The Morgan fingerprint density at radius 1 is 0.966 bits per heavy atom. The van der Waals surface area contributed by atoms with Gasteiger partial charge in [-0.05, 0) is 38.1 Å². The molecule has 1 aromatic carbocycles. The van der Waals surface area contributed by atoms with Crippen molar-refractivity contribution in [2.75, 3.05) is 0 Å². The molecular weight excluding hydrogens is 372 g/mol. The second kappa shape index (κ2) is 6.70. The molecule has 0 aliphatic carbocycles. The Bertz CT molecular complexity index is 1120. The van der Waals surface area contributed by atoms with Crippen LogP contribution < -0.4 is 4.74 Å². The highest BCUT2D eigenvalue weighted by molar-refractivity contribution is 5.88. The van der Waals surface area contributed by atoms with Gasteiger partial charge in [0.05, 0.1) is 16.7 Å². The number of aromatic carboxylic acids is 1. The molecule has 1 aliphatic rings. The Morgan fingerprint density at radius 3 is 2.31 bits per heavy atom. The summed E-state index contributed by atoms with van der Waals surface area (Å²) >= 11 is 0. The second-order valence-corrected chi connectivity index (χ2v) is 7.43. The summed E-state index contributed by atoms with van der Waals surface area (Å²) in [6.45, 7) is 3.34. The number of aromatic nitrogens is 2. The lowest BCUT2D eigenvalue weighted by Crippen LogP contribution is -2.34. The third-order valence-corrected chi connectivity index (χ3v) is 5.21. The van der Waals surface area contributed by atoms with E-state index in [1.165, 1.54) is 12.1 Å². The van der Waals surface area contributed by atoms with E-state index >= 15 is 0 Å². The minimum absolute atomic E-state index is 0.185. The van der Waals surface area contributed by atoms with Crippen LogP contribution in [0.4, 0.5) is 0 Å². The lowest BCUT2D eigenvalue weighted by molar-refractivity contribution is -0.147. The largest absolute Gasteiger partial charge is 0.481 e. The highest BCUT2D eigenvalue weighted by Gasteiger charge is 2.44. The van der Waals surface area contributed by atoms with Crippen molar-refractivity contribution in [3.8, 4) is 23.0 Å². The summed E-state index contributed by atoms with van der Waals surface area (Å²) in [4.78, 5) is 31.9. The number of carboxylic acid groups (broad SMARTS) is 2. The van der Waals surface area contributed by atoms with Crippen molar-refractivity contribution < 1.29 is 24.5 Å². The summed E-state index contributed by atoms with van der Waals surface area (Å²) in [5.41, 5.74) is 1.76. The Labute approximate surface area is 166 Å². The van der Waals surface area contributed by atoms with Gasteiger partial charge in [-0.3, -0.25) is 4.79 Å². The highest BCUT2D eigenvalue weighted by atomic mass is 16.5. The summed E-state index contributed by atoms with van der Waals surface area (Å²) in [5, 5.41) is 18.9. The number of nitrogens with zero attached hydrogens (tertiary/aromatic N) is 2. The molecule has 0 amide bonds. The third kappa shape index (κ3) is 3.10.